The van der Waals surface area contributed by atoms with Gasteiger partial charge in [-0.2, -0.15) is 0 Å². The van der Waals surface area contributed by atoms with Gasteiger partial charge >= 0.3 is 0 Å². The normalized spacial score (nSPS) is 16.1. The van der Waals surface area contributed by atoms with E-state index < -0.39 is 0 Å². The number of anilines is 1. The summed E-state index contributed by atoms with van der Waals surface area (Å²) in [5.41, 5.74) is 6.96. The van der Waals surface area contributed by atoms with Crippen LogP contribution in [-0.2, 0) is 0 Å². The van der Waals surface area contributed by atoms with Gasteiger partial charge in [0.1, 0.15) is 0 Å². The van der Waals surface area contributed by atoms with Gasteiger partial charge in [0.25, 0.3) is 0 Å². The minimum absolute atomic E-state index is 0.771. The largest absolute Gasteiger partial charge is 0.370 e. The molecular weight excluding hydrogens is 222 g/mol. The second-order valence-corrected chi connectivity index (χ2v) is 5.01. The number of nitrogens with two attached hydrogens (primary N) is 1. The molecule has 1 aliphatic heterocycles. The highest BCUT2D eigenvalue weighted by Gasteiger charge is 2.13. The summed E-state index contributed by atoms with van der Waals surface area (Å²) in [5.74, 6) is 0. The van der Waals surface area contributed by atoms with Gasteiger partial charge in [-0.25, -0.2) is 0 Å². The smallest absolute Gasteiger partial charge is 0.0366 e. The van der Waals surface area contributed by atoms with Crippen molar-refractivity contribution < 1.29 is 0 Å². The maximum absolute atomic E-state index is 5.64. The lowest BCUT2D eigenvalue weighted by atomic mass is 10.2. The molecule has 1 aromatic rings. The van der Waals surface area contributed by atoms with Gasteiger partial charge in [0.15, 0.2) is 0 Å². The summed E-state index contributed by atoms with van der Waals surface area (Å²) < 4.78 is 0. The Balaban J connectivity index is 1.87. The first-order chi connectivity index (χ1) is 8.90. The van der Waals surface area contributed by atoms with Gasteiger partial charge in [0.05, 0.1) is 0 Å². The zero-order valence-electron chi connectivity index (χ0n) is 11.2. The molecule has 0 spiro atoms. The van der Waals surface area contributed by atoms with Crippen molar-refractivity contribution in [3.8, 4) is 0 Å². The Hall–Kier alpha value is -1.06. The summed E-state index contributed by atoms with van der Waals surface area (Å²) in [4.78, 5) is 5.03. The van der Waals surface area contributed by atoms with Crippen LogP contribution in [-0.4, -0.2) is 44.2 Å². The van der Waals surface area contributed by atoms with Crippen LogP contribution in [0.15, 0.2) is 30.3 Å². The number of likely N-dealkylation sites (tertiary alicyclic amines) is 1. The summed E-state index contributed by atoms with van der Waals surface area (Å²) in [6, 6.07) is 10.7. The summed E-state index contributed by atoms with van der Waals surface area (Å²) >= 11 is 0. The van der Waals surface area contributed by atoms with Crippen molar-refractivity contribution >= 4 is 5.69 Å². The average molecular weight is 247 g/mol. The van der Waals surface area contributed by atoms with Crippen LogP contribution in [0.25, 0.3) is 0 Å². The van der Waals surface area contributed by atoms with E-state index in [9.17, 15) is 0 Å². The van der Waals surface area contributed by atoms with Crippen molar-refractivity contribution in [2.45, 2.75) is 19.3 Å². The van der Waals surface area contributed by atoms with Crippen molar-refractivity contribution in [1.82, 2.24) is 4.90 Å². The van der Waals surface area contributed by atoms with Gasteiger partial charge in [0.2, 0.25) is 0 Å². The van der Waals surface area contributed by atoms with E-state index in [-0.39, 0.29) is 0 Å². The third kappa shape index (κ3) is 4.00. The monoisotopic (exact) mass is 247 g/mol. The fourth-order valence-electron chi connectivity index (χ4n) is 2.56. The fourth-order valence-corrected chi connectivity index (χ4v) is 2.56. The van der Waals surface area contributed by atoms with Gasteiger partial charge in [0, 0.05) is 25.3 Å². The first-order valence-electron chi connectivity index (χ1n) is 7.12. The van der Waals surface area contributed by atoms with Crippen molar-refractivity contribution in [3.63, 3.8) is 0 Å². The van der Waals surface area contributed by atoms with Crippen LogP contribution in [0.4, 0.5) is 5.69 Å². The quantitative estimate of drug-likeness (QED) is 0.799. The Morgan fingerprint density at radius 1 is 1.06 bits per heavy atom. The molecule has 0 amide bonds. The number of rotatable bonds is 7. The number of hydrogen-bond donors (Lipinski definition) is 1. The molecule has 18 heavy (non-hydrogen) atoms. The van der Waals surface area contributed by atoms with E-state index in [4.69, 9.17) is 5.73 Å². The zero-order valence-corrected chi connectivity index (χ0v) is 11.2. The third-order valence-electron chi connectivity index (χ3n) is 3.64. The lowest BCUT2D eigenvalue weighted by Crippen LogP contribution is -2.35. The molecule has 0 unspecified atom stereocenters. The fraction of sp³-hybridized carbons (Fsp3) is 0.600. The molecule has 1 heterocycles. The maximum Gasteiger partial charge on any atom is 0.0366 e. The predicted molar refractivity (Wildman–Crippen MR) is 78.0 cm³/mol. The molecule has 0 aromatic heterocycles. The Morgan fingerprint density at radius 2 is 1.78 bits per heavy atom. The van der Waals surface area contributed by atoms with E-state index in [0.717, 1.165) is 26.1 Å². The second kappa shape index (κ2) is 7.39. The van der Waals surface area contributed by atoms with Gasteiger partial charge < -0.3 is 15.5 Å². The van der Waals surface area contributed by atoms with Crippen LogP contribution in [0, 0.1) is 0 Å². The molecule has 1 aliphatic rings. The molecule has 0 atom stereocenters. The van der Waals surface area contributed by atoms with Crippen LogP contribution in [0.1, 0.15) is 19.3 Å². The predicted octanol–water partition coefficient (Wildman–Crippen LogP) is 1.94. The molecule has 3 nitrogen and oxygen atoms in total. The number of hydrogen-bond acceptors (Lipinski definition) is 3. The second-order valence-electron chi connectivity index (χ2n) is 5.01. The molecule has 1 fully saturated rings. The lowest BCUT2D eigenvalue weighted by molar-refractivity contribution is 0.344. The van der Waals surface area contributed by atoms with Crippen LogP contribution >= 0.6 is 0 Å². The Bertz CT molecular complexity index is 320. The minimum Gasteiger partial charge on any atom is -0.370 e. The van der Waals surface area contributed by atoms with E-state index in [0.29, 0.717) is 0 Å². The standard InChI is InChI=1S/C15H25N3/c16-9-6-12-18(15-7-2-1-3-8-15)14-13-17-10-4-5-11-17/h1-3,7-8H,4-6,9-14,16H2. The Morgan fingerprint density at radius 3 is 2.44 bits per heavy atom. The first kappa shape index (κ1) is 13.4. The number of para-hydroxylation sites is 1. The van der Waals surface area contributed by atoms with Crippen LogP contribution in [0.5, 0.6) is 0 Å². The van der Waals surface area contributed by atoms with Crippen LogP contribution < -0.4 is 10.6 Å². The number of nitrogens with zero attached hydrogens (tertiary/aromatic N) is 2. The molecule has 0 bridgehead atoms. The van der Waals surface area contributed by atoms with E-state index in [2.05, 4.69) is 40.1 Å². The van der Waals surface area contributed by atoms with Crippen molar-refractivity contribution in [3.05, 3.63) is 30.3 Å². The molecule has 0 aliphatic carbocycles. The molecule has 1 saturated heterocycles. The first-order valence-corrected chi connectivity index (χ1v) is 7.12. The summed E-state index contributed by atoms with van der Waals surface area (Å²) in [6.45, 7) is 6.68. The van der Waals surface area contributed by atoms with E-state index in [1.807, 2.05) is 0 Å². The Kier molecular flexibility index (Phi) is 5.49. The molecule has 3 heteroatoms. The van der Waals surface area contributed by atoms with Crippen LogP contribution in [0.3, 0.4) is 0 Å². The van der Waals surface area contributed by atoms with E-state index >= 15 is 0 Å². The van der Waals surface area contributed by atoms with Crippen molar-refractivity contribution in [2.24, 2.45) is 5.73 Å². The topological polar surface area (TPSA) is 32.5 Å². The highest BCUT2D eigenvalue weighted by Crippen LogP contribution is 2.14. The molecule has 100 valence electrons. The van der Waals surface area contributed by atoms with Gasteiger partial charge in [-0.3, -0.25) is 0 Å². The van der Waals surface area contributed by atoms with Crippen molar-refractivity contribution in [2.75, 3.05) is 44.2 Å². The van der Waals surface area contributed by atoms with Gasteiger partial charge in [-0.05, 0) is 51.0 Å². The summed E-state index contributed by atoms with van der Waals surface area (Å²) in [6.07, 6.45) is 3.80. The molecule has 1 aromatic carbocycles. The summed E-state index contributed by atoms with van der Waals surface area (Å²) in [5, 5.41) is 0. The van der Waals surface area contributed by atoms with Crippen LogP contribution in [0.2, 0.25) is 0 Å². The maximum atomic E-state index is 5.64. The van der Waals surface area contributed by atoms with E-state index in [1.165, 1.54) is 38.2 Å². The van der Waals surface area contributed by atoms with Gasteiger partial charge in [-0.15, -0.1) is 0 Å². The van der Waals surface area contributed by atoms with E-state index in [1.54, 1.807) is 0 Å². The molecule has 2 rings (SSSR count). The highest BCUT2D eigenvalue weighted by molar-refractivity contribution is 5.45. The molecule has 2 N–H and O–H groups in total. The molecule has 0 saturated carbocycles. The highest BCUT2D eigenvalue weighted by atomic mass is 15.2. The number of benzene rings is 1. The SMILES string of the molecule is NCCCN(CCN1CCCC1)c1ccccc1. The van der Waals surface area contributed by atoms with Crippen molar-refractivity contribution in [1.29, 1.82) is 0 Å². The summed E-state index contributed by atoms with van der Waals surface area (Å²) in [7, 11) is 0. The average Bonchev–Trinajstić information content (AvgIpc) is 2.93. The van der Waals surface area contributed by atoms with Gasteiger partial charge in [-0.1, -0.05) is 18.2 Å². The lowest BCUT2D eigenvalue weighted by Gasteiger charge is -2.27. The third-order valence-corrected chi connectivity index (χ3v) is 3.64. The zero-order chi connectivity index (χ0) is 12.6. The molecular formula is C15H25N3. The molecule has 0 radical (unpaired) electrons. The minimum atomic E-state index is 0.771. The Labute approximate surface area is 111 Å².